The minimum Gasteiger partial charge on any atom is -0.506 e. The van der Waals surface area contributed by atoms with Gasteiger partial charge in [-0.15, -0.1) is 0 Å². The lowest BCUT2D eigenvalue weighted by Crippen LogP contribution is -2.34. The summed E-state index contributed by atoms with van der Waals surface area (Å²) in [7, 11) is 0. The molecule has 0 aliphatic rings. The number of carbonyl (C=O) groups is 2. The molecule has 0 spiro atoms. The van der Waals surface area contributed by atoms with Crippen molar-refractivity contribution in [2.24, 2.45) is 0 Å². The maximum Gasteiger partial charge on any atom is 0.325 e. The van der Waals surface area contributed by atoms with Gasteiger partial charge in [-0.25, -0.2) is 0 Å². The Morgan fingerprint density at radius 2 is 2.09 bits per heavy atom. The molecule has 0 saturated heterocycles. The number of aryl methyl sites for hydroxylation is 1. The number of fused-ring (bicyclic) bond motifs is 1. The number of amides is 1. The van der Waals surface area contributed by atoms with Crippen LogP contribution in [0.25, 0.3) is 10.9 Å². The van der Waals surface area contributed by atoms with Gasteiger partial charge in [-0.2, -0.15) is 0 Å². The maximum atomic E-state index is 12.1. The van der Waals surface area contributed by atoms with Gasteiger partial charge in [-0.1, -0.05) is 15.9 Å². The number of pyridine rings is 1. The quantitative estimate of drug-likeness (QED) is 0.695. The van der Waals surface area contributed by atoms with Gasteiger partial charge in [0, 0.05) is 9.86 Å². The molecule has 0 aliphatic carbocycles. The lowest BCUT2D eigenvalue weighted by Gasteiger charge is -2.10. The molecule has 23 heavy (non-hydrogen) atoms. The SMILES string of the molecule is CCOC(=O)CNC(=O)c1c(O)c2cc(Br)cc(C)c2[nH]c1=O. The van der Waals surface area contributed by atoms with E-state index in [0.717, 1.165) is 5.56 Å². The minimum absolute atomic E-state index is 0.184. The molecule has 0 saturated carbocycles. The summed E-state index contributed by atoms with van der Waals surface area (Å²) in [6.07, 6.45) is 0. The van der Waals surface area contributed by atoms with E-state index >= 15 is 0 Å². The van der Waals surface area contributed by atoms with Gasteiger partial charge in [-0.05, 0) is 31.5 Å². The van der Waals surface area contributed by atoms with E-state index in [0.29, 0.717) is 15.4 Å². The molecule has 0 atom stereocenters. The number of esters is 1. The van der Waals surface area contributed by atoms with E-state index in [1.54, 1.807) is 26.0 Å². The summed E-state index contributed by atoms with van der Waals surface area (Å²) in [6.45, 7) is 3.20. The third-order valence-corrected chi connectivity index (χ3v) is 3.64. The summed E-state index contributed by atoms with van der Waals surface area (Å²) in [5.74, 6) is -1.91. The lowest BCUT2D eigenvalue weighted by molar-refractivity contribution is -0.141. The minimum atomic E-state index is -0.851. The van der Waals surface area contributed by atoms with E-state index in [9.17, 15) is 19.5 Å². The first kappa shape index (κ1) is 17.0. The standard InChI is InChI=1S/C15H15BrN2O5/c1-3-23-10(19)6-17-14(21)11-13(20)9-5-8(16)4-7(2)12(9)18-15(11)22/h4-5H,3,6H2,1-2H3,(H,17,21)(H2,18,20,22). The second-order valence-electron chi connectivity index (χ2n) is 4.81. The highest BCUT2D eigenvalue weighted by molar-refractivity contribution is 9.10. The fourth-order valence-electron chi connectivity index (χ4n) is 2.18. The molecule has 0 bridgehead atoms. The van der Waals surface area contributed by atoms with Gasteiger partial charge in [0.05, 0.1) is 12.1 Å². The Balaban J connectivity index is 2.43. The topological polar surface area (TPSA) is 108 Å². The van der Waals surface area contributed by atoms with E-state index < -0.39 is 28.7 Å². The molecular formula is C15H15BrN2O5. The van der Waals surface area contributed by atoms with Crippen molar-refractivity contribution in [1.29, 1.82) is 0 Å². The van der Waals surface area contributed by atoms with Gasteiger partial charge in [-0.3, -0.25) is 14.4 Å². The fourth-order valence-corrected chi connectivity index (χ4v) is 2.75. The second-order valence-corrected chi connectivity index (χ2v) is 5.73. The molecule has 2 aromatic rings. The van der Waals surface area contributed by atoms with Gasteiger partial charge in [0.15, 0.2) is 0 Å². The van der Waals surface area contributed by atoms with Gasteiger partial charge in [0.25, 0.3) is 11.5 Å². The first-order valence-electron chi connectivity index (χ1n) is 6.84. The number of benzene rings is 1. The number of nitrogens with one attached hydrogen (secondary N) is 2. The van der Waals surface area contributed by atoms with Crippen molar-refractivity contribution in [1.82, 2.24) is 10.3 Å². The van der Waals surface area contributed by atoms with Crippen LogP contribution in [0.2, 0.25) is 0 Å². The Morgan fingerprint density at radius 3 is 2.74 bits per heavy atom. The Hall–Kier alpha value is -2.35. The normalized spacial score (nSPS) is 10.6. The Morgan fingerprint density at radius 1 is 1.39 bits per heavy atom. The number of hydrogen-bond donors (Lipinski definition) is 3. The first-order chi connectivity index (χ1) is 10.8. The summed E-state index contributed by atoms with van der Waals surface area (Å²) >= 11 is 3.30. The zero-order valence-corrected chi connectivity index (χ0v) is 14.1. The third kappa shape index (κ3) is 3.53. The van der Waals surface area contributed by atoms with Crippen LogP contribution in [0.15, 0.2) is 21.4 Å². The van der Waals surface area contributed by atoms with Crippen LogP contribution >= 0.6 is 15.9 Å². The first-order valence-corrected chi connectivity index (χ1v) is 7.63. The van der Waals surface area contributed by atoms with Crippen molar-refractivity contribution in [2.75, 3.05) is 13.2 Å². The Bertz CT molecular complexity index is 844. The molecule has 122 valence electrons. The molecule has 0 radical (unpaired) electrons. The van der Waals surface area contributed by atoms with Crippen molar-refractivity contribution >= 4 is 38.7 Å². The van der Waals surface area contributed by atoms with Crippen molar-refractivity contribution in [3.63, 3.8) is 0 Å². The van der Waals surface area contributed by atoms with Crippen LogP contribution in [0.4, 0.5) is 0 Å². The zero-order chi connectivity index (χ0) is 17.1. The number of H-pyrrole nitrogens is 1. The van der Waals surface area contributed by atoms with Gasteiger partial charge in [0.2, 0.25) is 0 Å². The number of hydrogen-bond acceptors (Lipinski definition) is 5. The highest BCUT2D eigenvalue weighted by Gasteiger charge is 2.20. The summed E-state index contributed by atoms with van der Waals surface area (Å²) in [6, 6.07) is 3.37. The summed E-state index contributed by atoms with van der Waals surface area (Å²) < 4.78 is 5.38. The highest BCUT2D eigenvalue weighted by atomic mass is 79.9. The second kappa shape index (κ2) is 6.82. The largest absolute Gasteiger partial charge is 0.506 e. The zero-order valence-electron chi connectivity index (χ0n) is 12.5. The number of halogens is 1. The predicted molar refractivity (Wildman–Crippen MR) is 87.6 cm³/mol. The molecule has 8 heteroatoms. The van der Waals surface area contributed by atoms with Crippen LogP contribution < -0.4 is 10.9 Å². The molecule has 2 rings (SSSR count). The van der Waals surface area contributed by atoms with Crippen LogP contribution in [0.3, 0.4) is 0 Å². The van der Waals surface area contributed by atoms with Crippen molar-refractivity contribution in [3.05, 3.63) is 38.1 Å². The predicted octanol–water partition coefficient (Wildman–Crippen LogP) is 1.60. The van der Waals surface area contributed by atoms with Crippen LogP contribution in [0.5, 0.6) is 5.75 Å². The molecule has 7 nitrogen and oxygen atoms in total. The smallest absolute Gasteiger partial charge is 0.325 e. The fraction of sp³-hybridized carbons (Fsp3) is 0.267. The summed E-state index contributed by atoms with van der Waals surface area (Å²) in [5.41, 5.74) is -0.000945. The van der Waals surface area contributed by atoms with Gasteiger partial charge in [0.1, 0.15) is 17.9 Å². The maximum absolute atomic E-state index is 12.1. The monoisotopic (exact) mass is 382 g/mol. The van der Waals surface area contributed by atoms with E-state index in [2.05, 4.69) is 31.0 Å². The van der Waals surface area contributed by atoms with Crippen LogP contribution in [0.1, 0.15) is 22.8 Å². The van der Waals surface area contributed by atoms with Gasteiger partial charge < -0.3 is 20.1 Å². The number of aromatic nitrogens is 1. The molecule has 1 aromatic carbocycles. The number of ether oxygens (including phenoxy) is 1. The average molecular weight is 383 g/mol. The molecule has 0 fully saturated rings. The van der Waals surface area contributed by atoms with Crippen LogP contribution in [0, 0.1) is 6.92 Å². The Kier molecular flexibility index (Phi) is 5.05. The van der Waals surface area contributed by atoms with E-state index in [-0.39, 0.29) is 13.2 Å². The lowest BCUT2D eigenvalue weighted by atomic mass is 10.1. The highest BCUT2D eigenvalue weighted by Crippen LogP contribution is 2.29. The third-order valence-electron chi connectivity index (χ3n) is 3.18. The van der Waals surface area contributed by atoms with Crippen molar-refractivity contribution in [2.45, 2.75) is 13.8 Å². The van der Waals surface area contributed by atoms with Crippen LogP contribution in [-0.4, -0.2) is 35.1 Å². The van der Waals surface area contributed by atoms with E-state index in [4.69, 9.17) is 0 Å². The van der Waals surface area contributed by atoms with Crippen molar-refractivity contribution < 1.29 is 19.4 Å². The van der Waals surface area contributed by atoms with E-state index in [1.807, 2.05) is 0 Å². The summed E-state index contributed by atoms with van der Waals surface area (Å²) in [4.78, 5) is 38.0. The molecule has 0 unspecified atom stereocenters. The molecule has 1 aromatic heterocycles. The Labute approximate surface area is 139 Å². The van der Waals surface area contributed by atoms with Gasteiger partial charge >= 0.3 is 5.97 Å². The average Bonchev–Trinajstić information content (AvgIpc) is 2.47. The molecular weight excluding hydrogens is 368 g/mol. The summed E-state index contributed by atoms with van der Waals surface area (Å²) in [5, 5.41) is 12.9. The number of aromatic hydroxyl groups is 1. The number of rotatable bonds is 4. The molecule has 1 heterocycles. The molecule has 3 N–H and O–H groups in total. The van der Waals surface area contributed by atoms with Crippen molar-refractivity contribution in [3.8, 4) is 5.75 Å². The molecule has 0 aliphatic heterocycles. The van der Waals surface area contributed by atoms with E-state index in [1.165, 1.54) is 0 Å². The van der Waals surface area contributed by atoms with Crippen LogP contribution in [-0.2, 0) is 9.53 Å². The number of carbonyl (C=O) groups excluding carboxylic acids is 2. The number of aromatic amines is 1. The molecule has 1 amide bonds.